The minimum Gasteiger partial charge on any atom is -0.322 e. The van der Waals surface area contributed by atoms with Gasteiger partial charge >= 0.3 is 0 Å². The van der Waals surface area contributed by atoms with Crippen molar-refractivity contribution in [3.63, 3.8) is 0 Å². The number of nitrogens with zero attached hydrogens (tertiary/aromatic N) is 2. The average Bonchev–Trinajstić information content (AvgIpc) is 3.01. The number of carbonyl (C=O) groups excluding carboxylic acids is 1. The maximum absolute atomic E-state index is 12.6. The monoisotopic (exact) mass is 452 g/mol. The molecule has 0 spiro atoms. The number of hydrogen-bond donors (Lipinski definition) is 0. The minimum atomic E-state index is 0. The van der Waals surface area contributed by atoms with Gasteiger partial charge in [0.1, 0.15) is 0 Å². The molecule has 0 saturated carbocycles. The highest BCUT2D eigenvalue weighted by Crippen LogP contribution is 2.25. The zero-order valence-corrected chi connectivity index (χ0v) is 18.3. The van der Waals surface area contributed by atoms with E-state index in [9.17, 15) is 4.79 Å². The number of carbonyl (C=O) groups is 1. The predicted octanol–water partition coefficient (Wildman–Crippen LogP) is 6.10. The van der Waals surface area contributed by atoms with Crippen molar-refractivity contribution < 1.29 is 4.79 Å². The van der Waals surface area contributed by atoms with E-state index in [0.29, 0.717) is 5.75 Å². The molecule has 0 atom stereocenters. The molecule has 0 N–H and O–H groups in total. The topological polar surface area (TPSA) is 34.9 Å². The number of hydrogen-bond acceptors (Lipinski definition) is 3. The van der Waals surface area contributed by atoms with Crippen molar-refractivity contribution in [3.8, 4) is 11.1 Å². The third-order valence-corrected chi connectivity index (χ3v) is 5.67. The van der Waals surface area contributed by atoms with Gasteiger partial charge in [-0.15, -0.1) is 17.0 Å². The normalized spacial score (nSPS) is 10.6. The standard InChI is InChI=1S/C23H20N2OS.BrH/c1-16-8-13-21-20(14-16)24-23(25(21)2)27-15-22(26)19-11-9-18(10-12-19)17-6-4-3-5-7-17;/h3-14H,15H2,1-2H3;1H. The van der Waals surface area contributed by atoms with E-state index < -0.39 is 0 Å². The molecule has 0 unspecified atom stereocenters. The van der Waals surface area contributed by atoms with Gasteiger partial charge in [0, 0.05) is 12.6 Å². The number of rotatable bonds is 5. The van der Waals surface area contributed by atoms with Gasteiger partial charge in [-0.25, -0.2) is 4.98 Å². The fourth-order valence-electron chi connectivity index (χ4n) is 3.11. The summed E-state index contributed by atoms with van der Waals surface area (Å²) in [5.74, 6) is 0.490. The Bertz CT molecular complexity index is 1100. The minimum absolute atomic E-state index is 0. The lowest BCUT2D eigenvalue weighted by atomic mass is 10.0. The van der Waals surface area contributed by atoms with E-state index in [1.165, 1.54) is 17.3 Å². The molecule has 0 aliphatic carbocycles. The second-order valence-corrected chi connectivity index (χ2v) is 7.54. The van der Waals surface area contributed by atoms with Crippen LogP contribution in [0.4, 0.5) is 0 Å². The average molecular weight is 453 g/mol. The Balaban J connectivity index is 0.00000225. The van der Waals surface area contributed by atoms with Crippen LogP contribution in [0.3, 0.4) is 0 Å². The molecule has 1 heterocycles. The molecule has 142 valence electrons. The van der Waals surface area contributed by atoms with Crippen LogP contribution in [0.15, 0.2) is 78.0 Å². The SMILES string of the molecule is Br.Cc1ccc2c(c1)nc(SCC(=O)c1ccc(-c3ccccc3)cc1)n2C. The Morgan fingerprint density at radius 1 is 0.964 bits per heavy atom. The smallest absolute Gasteiger partial charge is 0.173 e. The molecule has 5 heteroatoms. The molecule has 0 radical (unpaired) electrons. The van der Waals surface area contributed by atoms with E-state index in [1.54, 1.807) is 0 Å². The van der Waals surface area contributed by atoms with Crippen LogP contribution >= 0.6 is 28.7 Å². The summed E-state index contributed by atoms with van der Waals surface area (Å²) in [6, 6.07) is 24.2. The molecule has 0 aliphatic rings. The summed E-state index contributed by atoms with van der Waals surface area (Å²) in [5, 5.41) is 0.866. The molecule has 0 saturated heterocycles. The molecule has 28 heavy (non-hydrogen) atoms. The highest BCUT2D eigenvalue weighted by molar-refractivity contribution is 8.93. The van der Waals surface area contributed by atoms with Crippen molar-refractivity contribution >= 4 is 45.6 Å². The van der Waals surface area contributed by atoms with Crippen LogP contribution in [0.5, 0.6) is 0 Å². The number of thioether (sulfide) groups is 1. The van der Waals surface area contributed by atoms with E-state index in [1.807, 2.05) is 54.1 Å². The zero-order chi connectivity index (χ0) is 18.8. The summed E-state index contributed by atoms with van der Waals surface area (Å²) in [6.07, 6.45) is 0. The number of Topliss-reactive ketones (excluding diaryl/α,β-unsaturated/α-hetero) is 1. The maximum Gasteiger partial charge on any atom is 0.173 e. The first-order chi connectivity index (χ1) is 13.1. The van der Waals surface area contributed by atoms with E-state index in [-0.39, 0.29) is 22.8 Å². The number of benzene rings is 3. The third kappa shape index (κ3) is 4.21. The van der Waals surface area contributed by atoms with Crippen molar-refractivity contribution in [2.45, 2.75) is 12.1 Å². The van der Waals surface area contributed by atoms with Crippen LogP contribution in [-0.4, -0.2) is 21.1 Å². The Morgan fingerprint density at radius 3 is 2.36 bits per heavy atom. The first-order valence-corrected chi connectivity index (χ1v) is 9.85. The molecular formula is C23H21BrN2OS. The molecular weight excluding hydrogens is 432 g/mol. The Labute approximate surface area is 179 Å². The van der Waals surface area contributed by atoms with Gasteiger partial charge in [0.15, 0.2) is 10.9 Å². The zero-order valence-electron chi connectivity index (χ0n) is 15.8. The molecule has 4 aromatic rings. The van der Waals surface area contributed by atoms with Crippen LogP contribution in [0.1, 0.15) is 15.9 Å². The Kier molecular flexibility index (Phi) is 6.37. The molecule has 0 bridgehead atoms. The van der Waals surface area contributed by atoms with E-state index in [4.69, 9.17) is 0 Å². The van der Waals surface area contributed by atoms with Gasteiger partial charge in [-0.05, 0) is 35.7 Å². The van der Waals surface area contributed by atoms with Gasteiger partial charge in [0.05, 0.1) is 16.8 Å². The lowest BCUT2D eigenvalue weighted by Crippen LogP contribution is -2.03. The lowest BCUT2D eigenvalue weighted by Gasteiger charge is -2.05. The van der Waals surface area contributed by atoms with Crippen molar-refractivity contribution in [1.82, 2.24) is 9.55 Å². The third-order valence-electron chi connectivity index (χ3n) is 4.64. The van der Waals surface area contributed by atoms with Crippen LogP contribution in [-0.2, 0) is 7.05 Å². The Morgan fingerprint density at radius 2 is 1.64 bits per heavy atom. The molecule has 3 nitrogen and oxygen atoms in total. The van der Waals surface area contributed by atoms with E-state index in [2.05, 4.69) is 42.2 Å². The summed E-state index contributed by atoms with van der Waals surface area (Å²) in [5.41, 5.74) is 6.25. The van der Waals surface area contributed by atoms with Gasteiger partial charge in [-0.2, -0.15) is 0 Å². The van der Waals surface area contributed by atoms with Crippen LogP contribution in [0, 0.1) is 6.92 Å². The van der Waals surface area contributed by atoms with Gasteiger partial charge in [0.2, 0.25) is 0 Å². The number of fused-ring (bicyclic) bond motifs is 1. The van der Waals surface area contributed by atoms with E-state index >= 15 is 0 Å². The summed E-state index contributed by atoms with van der Waals surface area (Å²) < 4.78 is 2.05. The summed E-state index contributed by atoms with van der Waals surface area (Å²) in [7, 11) is 1.99. The quantitative estimate of drug-likeness (QED) is 0.271. The van der Waals surface area contributed by atoms with Crippen molar-refractivity contribution in [2.24, 2.45) is 7.05 Å². The molecule has 0 aliphatic heterocycles. The first kappa shape index (κ1) is 20.4. The van der Waals surface area contributed by atoms with Crippen molar-refractivity contribution in [2.75, 3.05) is 5.75 Å². The first-order valence-electron chi connectivity index (χ1n) is 8.86. The summed E-state index contributed by atoms with van der Waals surface area (Å²) in [4.78, 5) is 17.3. The second-order valence-electron chi connectivity index (χ2n) is 6.60. The van der Waals surface area contributed by atoms with Crippen LogP contribution < -0.4 is 0 Å². The van der Waals surface area contributed by atoms with Crippen molar-refractivity contribution in [1.29, 1.82) is 0 Å². The Hall–Kier alpha value is -2.37. The molecule has 1 aromatic heterocycles. The van der Waals surface area contributed by atoms with Crippen LogP contribution in [0.25, 0.3) is 22.2 Å². The van der Waals surface area contributed by atoms with Gasteiger partial charge in [-0.1, -0.05) is 72.4 Å². The maximum atomic E-state index is 12.6. The molecule has 0 amide bonds. The second kappa shape index (κ2) is 8.76. The van der Waals surface area contributed by atoms with Crippen molar-refractivity contribution in [3.05, 3.63) is 83.9 Å². The number of imidazole rings is 1. The van der Waals surface area contributed by atoms with Gasteiger partial charge in [-0.3, -0.25) is 4.79 Å². The predicted molar refractivity (Wildman–Crippen MR) is 123 cm³/mol. The number of aromatic nitrogens is 2. The molecule has 0 fully saturated rings. The number of ketones is 1. The van der Waals surface area contributed by atoms with Crippen LogP contribution in [0.2, 0.25) is 0 Å². The van der Waals surface area contributed by atoms with Gasteiger partial charge < -0.3 is 4.57 Å². The van der Waals surface area contributed by atoms with Gasteiger partial charge in [0.25, 0.3) is 0 Å². The highest BCUT2D eigenvalue weighted by atomic mass is 79.9. The summed E-state index contributed by atoms with van der Waals surface area (Å²) >= 11 is 1.48. The van der Waals surface area contributed by atoms with E-state index in [0.717, 1.165) is 32.9 Å². The fourth-order valence-corrected chi connectivity index (χ4v) is 3.99. The summed E-state index contributed by atoms with van der Waals surface area (Å²) in [6.45, 7) is 2.06. The number of aryl methyl sites for hydroxylation is 2. The molecule has 4 rings (SSSR count). The molecule has 3 aromatic carbocycles. The largest absolute Gasteiger partial charge is 0.322 e. The highest BCUT2D eigenvalue weighted by Gasteiger charge is 2.12. The number of halogens is 1. The lowest BCUT2D eigenvalue weighted by molar-refractivity contribution is 0.102. The fraction of sp³-hybridized carbons (Fsp3) is 0.130.